The van der Waals surface area contributed by atoms with E-state index in [9.17, 15) is 30.7 Å². The van der Waals surface area contributed by atoms with E-state index in [1.54, 1.807) is 6.07 Å². The second-order valence-electron chi connectivity index (χ2n) is 12.3. The van der Waals surface area contributed by atoms with Crippen LogP contribution in [0.5, 0.6) is 0 Å². The molecule has 0 radical (unpaired) electrons. The molecule has 2 fully saturated rings. The van der Waals surface area contributed by atoms with Crippen molar-refractivity contribution >= 4 is 5.83 Å². The highest BCUT2D eigenvalue weighted by atomic mass is 19.4. The largest absolute Gasteiger partial charge is 0.422 e. The molecule has 0 saturated heterocycles. The van der Waals surface area contributed by atoms with Crippen molar-refractivity contribution in [1.29, 1.82) is 0 Å². The Bertz CT molecular complexity index is 1240. The molecule has 2 aromatic carbocycles. The summed E-state index contributed by atoms with van der Waals surface area (Å²) in [6.45, 7) is 3.66. The van der Waals surface area contributed by atoms with E-state index in [-0.39, 0.29) is 29.4 Å². The van der Waals surface area contributed by atoms with Crippen LogP contribution in [-0.2, 0) is 6.18 Å². The van der Waals surface area contributed by atoms with Crippen LogP contribution in [0.3, 0.4) is 0 Å². The van der Waals surface area contributed by atoms with Crippen LogP contribution < -0.4 is 0 Å². The van der Waals surface area contributed by atoms with Gasteiger partial charge in [0, 0.05) is 12.0 Å². The summed E-state index contributed by atoms with van der Waals surface area (Å²) in [6, 6.07) is 5.77. The molecular weight excluding hydrogens is 572 g/mol. The molecule has 2 aliphatic carbocycles. The number of hydrogen-bond acceptors (Lipinski definition) is 0. The fourth-order valence-corrected chi connectivity index (χ4v) is 7.11. The first kappa shape index (κ1) is 33.3. The highest BCUT2D eigenvalue weighted by Gasteiger charge is 2.39. The zero-order valence-electron chi connectivity index (χ0n) is 24.4. The van der Waals surface area contributed by atoms with Gasteiger partial charge in [-0.05, 0) is 124 Å². The number of rotatable bonds is 11. The molecule has 0 aliphatic heterocycles. The molecule has 0 spiro atoms. The highest BCUT2D eigenvalue weighted by molar-refractivity contribution is 5.61. The predicted molar refractivity (Wildman–Crippen MR) is 154 cm³/mol. The summed E-state index contributed by atoms with van der Waals surface area (Å²) in [7, 11) is 0. The maximum Gasteiger partial charge on any atom is 0.422 e. The molecule has 0 bridgehead atoms. The van der Waals surface area contributed by atoms with E-state index >= 15 is 4.39 Å². The molecule has 8 heteroatoms. The van der Waals surface area contributed by atoms with Crippen molar-refractivity contribution in [1.82, 2.24) is 0 Å². The summed E-state index contributed by atoms with van der Waals surface area (Å²) in [5, 5.41) is 0. The molecule has 2 aromatic rings. The number of hydrogen-bond donors (Lipinski definition) is 0. The van der Waals surface area contributed by atoms with Crippen molar-refractivity contribution in [3.63, 3.8) is 0 Å². The Morgan fingerprint density at radius 3 is 1.81 bits per heavy atom. The number of allylic oxidation sites excluding steroid dienone is 2. The van der Waals surface area contributed by atoms with Crippen molar-refractivity contribution < 1.29 is 35.1 Å². The van der Waals surface area contributed by atoms with Gasteiger partial charge in [0.2, 0.25) is 0 Å². The van der Waals surface area contributed by atoms with Gasteiger partial charge in [-0.3, -0.25) is 0 Å². The quantitative estimate of drug-likeness (QED) is 0.135. The lowest BCUT2D eigenvalue weighted by Crippen LogP contribution is -2.25. The van der Waals surface area contributed by atoms with Crippen molar-refractivity contribution in [3.8, 4) is 0 Å². The normalized spacial score (nSPS) is 23.6. The topological polar surface area (TPSA) is 0 Å². The average molecular weight is 613 g/mol. The van der Waals surface area contributed by atoms with Crippen molar-refractivity contribution in [2.24, 2.45) is 11.8 Å². The number of benzene rings is 2. The summed E-state index contributed by atoms with van der Waals surface area (Å²) in [4.78, 5) is 0. The fourth-order valence-electron chi connectivity index (χ4n) is 7.11. The first-order valence-electron chi connectivity index (χ1n) is 15.5. The van der Waals surface area contributed by atoms with Crippen LogP contribution in [0.25, 0.3) is 5.83 Å². The van der Waals surface area contributed by atoms with Crippen molar-refractivity contribution in [2.75, 3.05) is 0 Å². The summed E-state index contributed by atoms with van der Waals surface area (Å²) in [5.41, 5.74) is -1.13. The van der Waals surface area contributed by atoms with Crippen LogP contribution in [0.1, 0.15) is 124 Å². The van der Waals surface area contributed by atoms with Gasteiger partial charge in [-0.15, -0.1) is 6.58 Å². The van der Waals surface area contributed by atoms with Gasteiger partial charge in [-0.1, -0.05) is 31.1 Å². The first-order valence-corrected chi connectivity index (χ1v) is 15.5. The van der Waals surface area contributed by atoms with Gasteiger partial charge < -0.3 is 0 Å². The lowest BCUT2D eigenvalue weighted by molar-refractivity contribution is -0.142. The van der Waals surface area contributed by atoms with Crippen LogP contribution >= 0.6 is 0 Å². The Hall–Kier alpha value is -2.64. The molecule has 0 amide bonds. The van der Waals surface area contributed by atoms with E-state index in [1.165, 1.54) is 6.07 Å². The van der Waals surface area contributed by atoms with Gasteiger partial charge in [-0.2, -0.15) is 13.2 Å². The Balaban J connectivity index is 1.27. The smallest absolute Gasteiger partial charge is 0.209 e. The van der Waals surface area contributed by atoms with Crippen LogP contribution in [0, 0.1) is 29.3 Å². The van der Waals surface area contributed by atoms with Gasteiger partial charge in [0.1, 0.15) is 28.8 Å². The third-order valence-corrected chi connectivity index (χ3v) is 9.52. The minimum absolute atomic E-state index is 0.00661. The number of alkyl halides is 3. The minimum atomic E-state index is -5.08. The molecule has 0 heterocycles. The average Bonchev–Trinajstić information content (AvgIpc) is 2.97. The van der Waals surface area contributed by atoms with Crippen LogP contribution in [-0.4, -0.2) is 0 Å². The van der Waals surface area contributed by atoms with Crippen molar-refractivity contribution in [2.45, 2.75) is 108 Å². The molecule has 236 valence electrons. The van der Waals surface area contributed by atoms with E-state index in [4.69, 9.17) is 0 Å². The molecule has 0 unspecified atom stereocenters. The van der Waals surface area contributed by atoms with Gasteiger partial charge >= 0.3 is 6.18 Å². The van der Waals surface area contributed by atoms with E-state index in [1.807, 2.05) is 6.08 Å². The molecule has 2 saturated carbocycles. The number of halogens is 8. The standard InChI is InChI=1S/C35H40F8/c1-2-3-4-5-6-7-8-29(36)34(40)26-17-18-28(30(37)19-26)25-15-13-23(14-16-25)22-9-11-24(12-10-22)27-20-31(38)33(32(39)21-27)35(41,42)43/h2,17-25H,1,3-16H2/b34-29+. The number of unbranched alkanes of at least 4 members (excludes halogenated alkanes) is 4. The fraction of sp³-hybridized carbons (Fsp3) is 0.543. The second-order valence-corrected chi connectivity index (χ2v) is 12.3. The Labute approximate surface area is 249 Å². The summed E-state index contributed by atoms with van der Waals surface area (Å²) >= 11 is 0. The second kappa shape index (κ2) is 14.9. The zero-order valence-corrected chi connectivity index (χ0v) is 24.4. The third-order valence-electron chi connectivity index (χ3n) is 9.52. The van der Waals surface area contributed by atoms with Crippen molar-refractivity contribution in [3.05, 3.63) is 88.5 Å². The first-order chi connectivity index (χ1) is 20.5. The van der Waals surface area contributed by atoms with Gasteiger partial charge in [-0.25, -0.2) is 22.0 Å². The third kappa shape index (κ3) is 8.51. The van der Waals surface area contributed by atoms with Crippen LogP contribution in [0.15, 0.2) is 48.8 Å². The SMILES string of the molecule is C=CCCCCCC/C(F)=C(\F)c1ccc(C2CCC(C3CCC(c4cc(F)c(C(F)(F)F)c(F)c4)CC3)CC2)c(F)c1. The minimum Gasteiger partial charge on any atom is -0.209 e. The molecule has 4 rings (SSSR count). The molecule has 43 heavy (non-hydrogen) atoms. The lowest BCUT2D eigenvalue weighted by Gasteiger charge is -2.38. The summed E-state index contributed by atoms with van der Waals surface area (Å²) in [5.74, 6) is -4.89. The Morgan fingerprint density at radius 1 is 0.721 bits per heavy atom. The highest BCUT2D eigenvalue weighted by Crippen LogP contribution is 2.47. The van der Waals surface area contributed by atoms with E-state index < -0.39 is 40.8 Å². The predicted octanol–water partition coefficient (Wildman–Crippen LogP) is 12.5. The monoisotopic (exact) mass is 612 g/mol. The maximum absolute atomic E-state index is 15.1. The van der Waals surface area contributed by atoms with Crippen LogP contribution in [0.4, 0.5) is 35.1 Å². The molecule has 0 aromatic heterocycles. The van der Waals surface area contributed by atoms with E-state index in [0.29, 0.717) is 36.7 Å². The molecule has 0 nitrogen and oxygen atoms in total. The zero-order chi connectivity index (χ0) is 31.1. The summed E-state index contributed by atoms with van der Waals surface area (Å²) < 4.78 is 111. The molecule has 0 N–H and O–H groups in total. The Kier molecular flexibility index (Phi) is 11.5. The van der Waals surface area contributed by atoms with Crippen LogP contribution in [0.2, 0.25) is 0 Å². The molecular formula is C35H40F8. The maximum atomic E-state index is 15.1. The van der Waals surface area contributed by atoms with E-state index in [0.717, 1.165) is 82.4 Å². The summed E-state index contributed by atoms with van der Waals surface area (Å²) in [6.07, 6.45) is 7.15. The molecule has 0 atom stereocenters. The van der Waals surface area contributed by atoms with E-state index in [2.05, 4.69) is 6.58 Å². The lowest BCUT2D eigenvalue weighted by atomic mass is 9.67. The Morgan fingerprint density at radius 2 is 1.28 bits per heavy atom. The van der Waals surface area contributed by atoms with Gasteiger partial charge in [0.05, 0.1) is 0 Å². The van der Waals surface area contributed by atoms with Gasteiger partial charge in [0.15, 0.2) is 5.83 Å². The molecule has 2 aliphatic rings. The van der Waals surface area contributed by atoms with Gasteiger partial charge in [0.25, 0.3) is 0 Å².